The maximum atomic E-state index is 13.1. The number of amides is 4. The monoisotopic (exact) mass is 517 g/mol. The number of urea groups is 1. The first kappa shape index (κ1) is 25.9. The molecule has 0 aromatic heterocycles. The highest BCUT2D eigenvalue weighted by Gasteiger charge is 2.36. The first-order valence-corrected chi connectivity index (χ1v) is 11.4. The number of nitro groups is 1. The van der Waals surface area contributed by atoms with Gasteiger partial charge >= 0.3 is 6.03 Å². The van der Waals surface area contributed by atoms with Crippen molar-refractivity contribution in [3.63, 3.8) is 0 Å². The molecule has 1 N–H and O–H groups in total. The molecular formula is C27H23N3O8. The van der Waals surface area contributed by atoms with Crippen LogP contribution in [0.3, 0.4) is 0 Å². The number of carbonyl (C=O) groups excluding carboxylic acids is 3. The third-order valence-electron chi connectivity index (χ3n) is 5.52. The molecule has 1 fully saturated rings. The molecule has 0 spiro atoms. The van der Waals surface area contributed by atoms with Crippen molar-refractivity contribution in [2.24, 2.45) is 0 Å². The maximum absolute atomic E-state index is 13.1. The van der Waals surface area contributed by atoms with Crippen LogP contribution in [0.1, 0.15) is 11.1 Å². The van der Waals surface area contributed by atoms with E-state index in [1.165, 1.54) is 37.5 Å². The quantitative estimate of drug-likeness (QED) is 0.148. The predicted molar refractivity (Wildman–Crippen MR) is 137 cm³/mol. The highest BCUT2D eigenvalue weighted by molar-refractivity contribution is 6.39. The SMILES string of the molecule is COc1cc(/C=C2/C(=O)NC(=O)N(c3cccc(C)c3)C2=O)ccc1OCCOc1ccc([N+](=O)[O-])cc1. The number of methoxy groups -OCH3 is 1. The summed E-state index contributed by atoms with van der Waals surface area (Å²) < 4.78 is 16.6. The zero-order chi connectivity index (χ0) is 27.2. The third-order valence-corrected chi connectivity index (χ3v) is 5.52. The minimum Gasteiger partial charge on any atom is -0.493 e. The highest BCUT2D eigenvalue weighted by Crippen LogP contribution is 2.30. The van der Waals surface area contributed by atoms with Gasteiger partial charge in [-0.25, -0.2) is 9.69 Å². The van der Waals surface area contributed by atoms with Crippen molar-refractivity contribution < 1.29 is 33.5 Å². The lowest BCUT2D eigenvalue weighted by molar-refractivity contribution is -0.384. The van der Waals surface area contributed by atoms with E-state index in [9.17, 15) is 24.5 Å². The predicted octanol–water partition coefficient (Wildman–Crippen LogP) is 4.04. The van der Waals surface area contributed by atoms with Crippen molar-refractivity contribution >= 4 is 35.3 Å². The second-order valence-corrected chi connectivity index (χ2v) is 8.16. The normalized spacial score (nSPS) is 14.3. The van der Waals surface area contributed by atoms with Gasteiger partial charge in [-0.15, -0.1) is 0 Å². The fourth-order valence-corrected chi connectivity index (χ4v) is 3.69. The lowest BCUT2D eigenvalue weighted by Crippen LogP contribution is -2.54. The lowest BCUT2D eigenvalue weighted by Gasteiger charge is -2.26. The molecule has 1 aliphatic heterocycles. The van der Waals surface area contributed by atoms with Crippen LogP contribution in [0.2, 0.25) is 0 Å². The van der Waals surface area contributed by atoms with E-state index in [1.54, 1.807) is 36.4 Å². The smallest absolute Gasteiger partial charge is 0.335 e. The van der Waals surface area contributed by atoms with Crippen LogP contribution >= 0.6 is 0 Å². The summed E-state index contributed by atoms with van der Waals surface area (Å²) in [5.41, 5.74) is 1.44. The second kappa shape index (κ2) is 11.2. The van der Waals surface area contributed by atoms with Crippen molar-refractivity contribution in [1.82, 2.24) is 5.32 Å². The number of aryl methyl sites for hydroxylation is 1. The molecular weight excluding hydrogens is 494 g/mol. The van der Waals surface area contributed by atoms with Gasteiger partial charge < -0.3 is 14.2 Å². The highest BCUT2D eigenvalue weighted by atomic mass is 16.6. The zero-order valence-corrected chi connectivity index (χ0v) is 20.5. The Balaban J connectivity index is 1.45. The molecule has 38 heavy (non-hydrogen) atoms. The van der Waals surface area contributed by atoms with Crippen LogP contribution in [-0.4, -0.2) is 43.1 Å². The van der Waals surface area contributed by atoms with Gasteiger partial charge in [-0.3, -0.25) is 25.0 Å². The molecule has 0 bridgehead atoms. The molecule has 194 valence electrons. The number of nitrogens with zero attached hydrogens (tertiary/aromatic N) is 2. The van der Waals surface area contributed by atoms with Crippen LogP contribution in [0.15, 0.2) is 72.3 Å². The van der Waals surface area contributed by atoms with Crippen molar-refractivity contribution in [2.45, 2.75) is 6.92 Å². The Bertz CT molecular complexity index is 1430. The Morgan fingerprint density at radius 3 is 2.37 bits per heavy atom. The number of carbonyl (C=O) groups is 3. The van der Waals surface area contributed by atoms with E-state index in [0.29, 0.717) is 28.5 Å². The standard InChI is InChI=1S/C27H23N3O8/c1-17-4-3-5-20(14-17)29-26(32)22(25(31)28-27(29)33)15-18-6-11-23(24(16-18)36-2)38-13-12-37-21-9-7-19(8-10-21)30(34)35/h3-11,14-16H,12-13H2,1-2H3,(H,28,31,33)/b22-15-. The van der Waals surface area contributed by atoms with Gasteiger partial charge in [-0.2, -0.15) is 0 Å². The zero-order valence-electron chi connectivity index (χ0n) is 20.5. The summed E-state index contributed by atoms with van der Waals surface area (Å²) in [4.78, 5) is 49.1. The Labute approximate surface area is 217 Å². The molecule has 4 rings (SSSR count). The van der Waals surface area contributed by atoms with Gasteiger partial charge in [0.1, 0.15) is 24.5 Å². The molecule has 0 radical (unpaired) electrons. The van der Waals surface area contributed by atoms with E-state index in [1.807, 2.05) is 13.0 Å². The largest absolute Gasteiger partial charge is 0.493 e. The molecule has 1 heterocycles. The van der Waals surface area contributed by atoms with Gasteiger partial charge in [0.25, 0.3) is 17.5 Å². The Morgan fingerprint density at radius 2 is 1.68 bits per heavy atom. The molecule has 1 saturated heterocycles. The number of hydrogen-bond donors (Lipinski definition) is 1. The van der Waals surface area contributed by atoms with Gasteiger partial charge in [-0.1, -0.05) is 18.2 Å². The molecule has 0 aliphatic carbocycles. The second-order valence-electron chi connectivity index (χ2n) is 8.16. The number of barbiturate groups is 1. The average molecular weight is 517 g/mol. The Morgan fingerprint density at radius 1 is 0.947 bits per heavy atom. The van der Waals surface area contributed by atoms with Gasteiger partial charge in [0.2, 0.25) is 0 Å². The van der Waals surface area contributed by atoms with Crippen LogP contribution in [0.25, 0.3) is 6.08 Å². The van der Waals surface area contributed by atoms with Gasteiger partial charge in [0.15, 0.2) is 11.5 Å². The van der Waals surface area contributed by atoms with Crippen LogP contribution in [0.4, 0.5) is 16.2 Å². The van der Waals surface area contributed by atoms with Crippen molar-refractivity contribution in [3.8, 4) is 17.2 Å². The fourth-order valence-electron chi connectivity index (χ4n) is 3.69. The summed E-state index contributed by atoms with van der Waals surface area (Å²) in [6, 6.07) is 16.5. The number of nitrogens with one attached hydrogen (secondary N) is 1. The molecule has 0 atom stereocenters. The number of ether oxygens (including phenoxy) is 3. The minimum atomic E-state index is -0.819. The lowest BCUT2D eigenvalue weighted by atomic mass is 10.1. The summed E-state index contributed by atoms with van der Waals surface area (Å²) in [7, 11) is 1.45. The van der Waals surface area contributed by atoms with E-state index >= 15 is 0 Å². The van der Waals surface area contributed by atoms with Crippen LogP contribution in [0.5, 0.6) is 17.2 Å². The van der Waals surface area contributed by atoms with Gasteiger partial charge in [-0.05, 0) is 60.5 Å². The molecule has 0 saturated carbocycles. The number of hydrogen-bond acceptors (Lipinski definition) is 8. The molecule has 1 aliphatic rings. The van der Waals surface area contributed by atoms with Gasteiger partial charge in [0, 0.05) is 12.1 Å². The van der Waals surface area contributed by atoms with E-state index in [0.717, 1.165) is 10.5 Å². The maximum Gasteiger partial charge on any atom is 0.335 e. The minimum absolute atomic E-state index is 0.0322. The number of anilines is 1. The Kier molecular flexibility index (Phi) is 7.66. The first-order chi connectivity index (χ1) is 18.3. The van der Waals surface area contributed by atoms with E-state index < -0.39 is 22.8 Å². The Hall–Kier alpha value is -5.19. The fraction of sp³-hybridized carbons (Fsp3) is 0.148. The number of benzene rings is 3. The average Bonchev–Trinajstić information content (AvgIpc) is 2.89. The summed E-state index contributed by atoms with van der Waals surface area (Å²) in [5.74, 6) is -0.330. The molecule has 11 nitrogen and oxygen atoms in total. The van der Waals surface area contributed by atoms with E-state index in [2.05, 4.69) is 5.32 Å². The summed E-state index contributed by atoms with van der Waals surface area (Å²) in [5, 5.41) is 12.9. The number of rotatable bonds is 9. The molecule has 3 aromatic carbocycles. The summed E-state index contributed by atoms with van der Waals surface area (Å²) >= 11 is 0. The van der Waals surface area contributed by atoms with Crippen molar-refractivity contribution in [1.29, 1.82) is 0 Å². The molecule has 0 unspecified atom stereocenters. The first-order valence-electron chi connectivity index (χ1n) is 11.4. The molecule has 11 heteroatoms. The van der Waals surface area contributed by atoms with Crippen molar-refractivity contribution in [3.05, 3.63) is 93.5 Å². The summed E-state index contributed by atoms with van der Waals surface area (Å²) in [6.45, 7) is 2.15. The molecule has 3 aromatic rings. The third kappa shape index (κ3) is 5.78. The van der Waals surface area contributed by atoms with Gasteiger partial charge in [0.05, 0.1) is 17.7 Å². The topological polar surface area (TPSA) is 137 Å². The van der Waals surface area contributed by atoms with E-state index in [4.69, 9.17) is 14.2 Å². The van der Waals surface area contributed by atoms with Crippen molar-refractivity contribution in [2.75, 3.05) is 25.2 Å². The van der Waals surface area contributed by atoms with Crippen LogP contribution < -0.4 is 24.4 Å². The number of nitro benzene ring substituents is 1. The number of imide groups is 2. The van der Waals surface area contributed by atoms with E-state index in [-0.39, 0.29) is 24.5 Å². The van der Waals surface area contributed by atoms with Crippen LogP contribution in [0, 0.1) is 17.0 Å². The van der Waals surface area contributed by atoms with Crippen LogP contribution in [-0.2, 0) is 9.59 Å². The molecule has 4 amide bonds. The number of non-ortho nitro benzene ring substituents is 1. The summed E-state index contributed by atoms with van der Waals surface area (Å²) in [6.07, 6.45) is 1.37.